The summed E-state index contributed by atoms with van der Waals surface area (Å²) < 4.78 is 13.7. The lowest BCUT2D eigenvalue weighted by atomic mass is 10.0. The molecule has 5 aromatic rings. The van der Waals surface area contributed by atoms with Crippen LogP contribution in [0.25, 0.3) is 33.1 Å². The van der Waals surface area contributed by atoms with Gasteiger partial charge in [0.2, 0.25) is 0 Å². The van der Waals surface area contributed by atoms with Gasteiger partial charge in [-0.3, -0.25) is 4.79 Å². The third kappa shape index (κ3) is 3.68. The molecule has 0 saturated heterocycles. The van der Waals surface area contributed by atoms with Gasteiger partial charge in [-0.05, 0) is 67.4 Å². The lowest BCUT2D eigenvalue weighted by Gasteiger charge is -2.21. The zero-order valence-corrected chi connectivity index (χ0v) is 20.7. The van der Waals surface area contributed by atoms with Gasteiger partial charge in [0, 0.05) is 24.0 Å². The zero-order chi connectivity index (χ0) is 24.8. The van der Waals surface area contributed by atoms with Crippen molar-refractivity contribution in [3.63, 3.8) is 0 Å². The predicted octanol–water partition coefficient (Wildman–Crippen LogP) is 5.56. The van der Waals surface area contributed by atoms with Crippen LogP contribution in [-0.2, 0) is 13.1 Å². The van der Waals surface area contributed by atoms with E-state index in [4.69, 9.17) is 9.47 Å². The first-order chi connectivity index (χ1) is 17.6. The number of fused-ring (bicyclic) bond motifs is 3. The van der Waals surface area contributed by atoms with E-state index in [2.05, 4.69) is 45.7 Å². The van der Waals surface area contributed by atoms with Gasteiger partial charge in [0.15, 0.2) is 0 Å². The molecular formula is C29H28N4O3. The molecule has 1 N–H and O–H groups in total. The van der Waals surface area contributed by atoms with Gasteiger partial charge in [-0.2, -0.15) is 0 Å². The lowest BCUT2D eigenvalue weighted by molar-refractivity contribution is 0.0723. The lowest BCUT2D eigenvalue weighted by Crippen LogP contribution is -2.33. The number of methoxy groups -OCH3 is 1. The minimum atomic E-state index is -0.00805. The van der Waals surface area contributed by atoms with Crippen molar-refractivity contribution in [1.82, 2.24) is 19.4 Å². The van der Waals surface area contributed by atoms with Crippen molar-refractivity contribution in [2.45, 2.75) is 26.9 Å². The van der Waals surface area contributed by atoms with Gasteiger partial charge in [-0.25, -0.2) is 4.98 Å². The fourth-order valence-electron chi connectivity index (χ4n) is 5.18. The maximum Gasteiger partial charge on any atom is 0.270 e. The normalized spacial score (nSPS) is 13.5. The number of H-pyrrole nitrogens is 1. The molecule has 0 unspecified atom stereocenters. The Morgan fingerprint density at radius 1 is 1.11 bits per heavy atom. The number of benzene rings is 3. The Morgan fingerprint density at radius 3 is 2.78 bits per heavy atom. The Labute approximate surface area is 209 Å². The van der Waals surface area contributed by atoms with Crippen molar-refractivity contribution in [3.8, 4) is 22.6 Å². The van der Waals surface area contributed by atoms with Crippen LogP contribution in [-0.4, -0.2) is 45.6 Å². The van der Waals surface area contributed by atoms with Gasteiger partial charge >= 0.3 is 0 Å². The molecular weight excluding hydrogens is 452 g/mol. The Bertz CT molecular complexity index is 1610. The highest BCUT2D eigenvalue weighted by Gasteiger charge is 2.25. The molecule has 0 atom stereocenters. The molecule has 0 radical (unpaired) electrons. The number of aromatic nitrogens is 3. The fourth-order valence-corrected chi connectivity index (χ4v) is 5.18. The van der Waals surface area contributed by atoms with E-state index < -0.39 is 0 Å². The highest BCUT2D eigenvalue weighted by Crippen LogP contribution is 2.33. The summed E-state index contributed by atoms with van der Waals surface area (Å²) in [5.74, 6) is 2.48. The van der Waals surface area contributed by atoms with E-state index >= 15 is 0 Å². The zero-order valence-electron chi connectivity index (χ0n) is 20.7. The van der Waals surface area contributed by atoms with Crippen molar-refractivity contribution in [2.75, 3.05) is 20.3 Å². The molecule has 0 fully saturated rings. The monoisotopic (exact) mass is 480 g/mol. The van der Waals surface area contributed by atoms with Gasteiger partial charge in [0.05, 0.1) is 30.2 Å². The SMILES string of the molecule is CCn1c(C(=O)N2CCOc3ccc(-c4ccc5nc(C)[nH]c5c4)cc3C2)cc2c(OC)cccc21. The fraction of sp³-hybridized carbons (Fsp3) is 0.241. The van der Waals surface area contributed by atoms with Crippen molar-refractivity contribution >= 4 is 27.8 Å². The molecule has 1 aliphatic rings. The molecule has 0 aliphatic carbocycles. The second-order valence-corrected chi connectivity index (χ2v) is 9.12. The number of amides is 1. The van der Waals surface area contributed by atoms with Crippen LogP contribution in [0.5, 0.6) is 11.5 Å². The molecule has 3 heterocycles. The molecule has 36 heavy (non-hydrogen) atoms. The summed E-state index contributed by atoms with van der Waals surface area (Å²) in [4.78, 5) is 23.5. The molecule has 3 aromatic carbocycles. The van der Waals surface area contributed by atoms with E-state index in [-0.39, 0.29) is 5.91 Å². The molecule has 7 nitrogen and oxygen atoms in total. The van der Waals surface area contributed by atoms with E-state index in [0.29, 0.717) is 31.9 Å². The third-order valence-electron chi connectivity index (χ3n) is 6.92. The number of imidazole rings is 1. The maximum atomic E-state index is 13.8. The van der Waals surface area contributed by atoms with Crippen LogP contribution >= 0.6 is 0 Å². The second-order valence-electron chi connectivity index (χ2n) is 9.12. The Balaban J connectivity index is 1.35. The molecule has 1 aliphatic heterocycles. The van der Waals surface area contributed by atoms with Crippen molar-refractivity contribution < 1.29 is 14.3 Å². The number of nitrogens with one attached hydrogen (secondary N) is 1. The summed E-state index contributed by atoms with van der Waals surface area (Å²) in [6.45, 7) is 6.16. The summed E-state index contributed by atoms with van der Waals surface area (Å²) in [6, 6.07) is 20.3. The summed E-state index contributed by atoms with van der Waals surface area (Å²) in [5, 5.41) is 0.948. The maximum absolute atomic E-state index is 13.8. The van der Waals surface area contributed by atoms with Crippen LogP contribution in [0, 0.1) is 6.92 Å². The predicted molar refractivity (Wildman–Crippen MR) is 141 cm³/mol. The molecule has 182 valence electrons. The number of ether oxygens (including phenoxy) is 2. The average molecular weight is 481 g/mol. The molecule has 2 aromatic heterocycles. The smallest absolute Gasteiger partial charge is 0.270 e. The van der Waals surface area contributed by atoms with Crippen LogP contribution in [0.1, 0.15) is 28.8 Å². The summed E-state index contributed by atoms with van der Waals surface area (Å²) in [5.41, 5.74) is 6.79. The molecule has 6 rings (SSSR count). The average Bonchev–Trinajstić information content (AvgIpc) is 3.38. The van der Waals surface area contributed by atoms with Crippen LogP contribution in [0.3, 0.4) is 0 Å². The third-order valence-corrected chi connectivity index (χ3v) is 6.92. The topological polar surface area (TPSA) is 72.4 Å². The van der Waals surface area contributed by atoms with E-state index in [0.717, 1.165) is 56.0 Å². The summed E-state index contributed by atoms with van der Waals surface area (Å²) >= 11 is 0. The van der Waals surface area contributed by atoms with Crippen molar-refractivity contribution in [3.05, 3.63) is 77.7 Å². The number of rotatable bonds is 4. The highest BCUT2D eigenvalue weighted by atomic mass is 16.5. The minimum Gasteiger partial charge on any atom is -0.496 e. The first-order valence-electron chi connectivity index (χ1n) is 12.2. The Morgan fingerprint density at radius 2 is 1.94 bits per heavy atom. The highest BCUT2D eigenvalue weighted by molar-refractivity contribution is 6.00. The largest absolute Gasteiger partial charge is 0.496 e. The first-order valence-corrected chi connectivity index (χ1v) is 12.2. The summed E-state index contributed by atoms with van der Waals surface area (Å²) in [7, 11) is 1.66. The van der Waals surface area contributed by atoms with Crippen LogP contribution in [0.15, 0.2) is 60.7 Å². The number of carbonyl (C=O) groups excluding carboxylic acids is 1. The second kappa shape index (κ2) is 8.75. The van der Waals surface area contributed by atoms with E-state index in [1.54, 1.807) is 7.11 Å². The van der Waals surface area contributed by atoms with Gasteiger partial charge in [-0.1, -0.05) is 18.2 Å². The van der Waals surface area contributed by atoms with Crippen LogP contribution in [0.2, 0.25) is 0 Å². The first kappa shape index (κ1) is 22.2. The van der Waals surface area contributed by atoms with Gasteiger partial charge in [0.25, 0.3) is 5.91 Å². The van der Waals surface area contributed by atoms with E-state index in [1.807, 2.05) is 48.2 Å². The van der Waals surface area contributed by atoms with Gasteiger partial charge < -0.3 is 23.9 Å². The van der Waals surface area contributed by atoms with Crippen molar-refractivity contribution in [1.29, 1.82) is 0 Å². The molecule has 0 saturated carbocycles. The number of aromatic amines is 1. The minimum absolute atomic E-state index is 0.00805. The molecule has 0 spiro atoms. The van der Waals surface area contributed by atoms with Gasteiger partial charge in [0.1, 0.15) is 29.6 Å². The van der Waals surface area contributed by atoms with Crippen LogP contribution in [0.4, 0.5) is 0 Å². The molecule has 1 amide bonds. The van der Waals surface area contributed by atoms with Gasteiger partial charge in [-0.15, -0.1) is 0 Å². The number of hydrogen-bond donors (Lipinski definition) is 1. The number of aryl methyl sites for hydroxylation is 2. The Kier molecular flexibility index (Phi) is 5.40. The van der Waals surface area contributed by atoms with E-state index in [9.17, 15) is 4.79 Å². The summed E-state index contributed by atoms with van der Waals surface area (Å²) in [6.07, 6.45) is 0. The quantitative estimate of drug-likeness (QED) is 0.366. The van der Waals surface area contributed by atoms with Crippen LogP contribution < -0.4 is 9.47 Å². The van der Waals surface area contributed by atoms with E-state index in [1.165, 1.54) is 0 Å². The number of carbonyl (C=O) groups is 1. The number of hydrogen-bond acceptors (Lipinski definition) is 4. The molecule has 0 bridgehead atoms. The van der Waals surface area contributed by atoms with Crippen molar-refractivity contribution in [2.24, 2.45) is 0 Å². The molecule has 7 heteroatoms. The Hall–Kier alpha value is -4.26. The number of nitrogens with zero attached hydrogens (tertiary/aromatic N) is 3. The standard InChI is InChI=1S/C29H28N4O3/c1-4-33-25-6-5-7-28(35-3)22(25)16-26(33)29(34)32-12-13-36-27-11-9-19(14-21(27)17-32)20-8-10-23-24(15-20)31-18(2)30-23/h5-11,14-16H,4,12-13,17H2,1-3H3,(H,30,31).